The molecule has 7 heteroatoms. The van der Waals surface area contributed by atoms with Gasteiger partial charge in [0.15, 0.2) is 0 Å². The monoisotopic (exact) mass is 322 g/mol. The average Bonchev–Trinajstić information content (AvgIpc) is 3.35. The summed E-state index contributed by atoms with van der Waals surface area (Å²) in [7, 11) is 0. The molecule has 24 heavy (non-hydrogen) atoms. The fourth-order valence-electron chi connectivity index (χ4n) is 3.14. The molecule has 3 aromatic rings. The van der Waals surface area contributed by atoms with Crippen molar-refractivity contribution < 1.29 is 4.79 Å². The Hall–Kier alpha value is -2.96. The van der Waals surface area contributed by atoms with Gasteiger partial charge in [-0.05, 0) is 43.2 Å². The van der Waals surface area contributed by atoms with Crippen LogP contribution in [0.4, 0.5) is 0 Å². The van der Waals surface area contributed by atoms with E-state index in [1.165, 1.54) is 0 Å². The van der Waals surface area contributed by atoms with E-state index in [-0.39, 0.29) is 11.9 Å². The van der Waals surface area contributed by atoms with Crippen LogP contribution in [0.5, 0.6) is 0 Å². The van der Waals surface area contributed by atoms with E-state index in [0.29, 0.717) is 12.1 Å². The Kier molecular flexibility index (Phi) is 3.82. The molecule has 4 rings (SSSR count). The molecule has 122 valence electrons. The number of carbonyl (C=O) groups excluding carboxylic acids is 1. The van der Waals surface area contributed by atoms with E-state index in [0.717, 1.165) is 25.1 Å². The van der Waals surface area contributed by atoms with Crippen LogP contribution in [0.25, 0.3) is 5.69 Å². The van der Waals surface area contributed by atoms with Crippen LogP contribution in [-0.4, -0.2) is 48.4 Å². The van der Waals surface area contributed by atoms with Crippen molar-refractivity contribution >= 4 is 5.91 Å². The average molecular weight is 322 g/mol. The number of hydrogen-bond acceptors (Lipinski definition) is 4. The molecule has 3 heterocycles. The summed E-state index contributed by atoms with van der Waals surface area (Å²) in [5.41, 5.74) is 1.64. The molecule has 0 saturated carbocycles. The fraction of sp³-hybridized carbons (Fsp3) is 0.294. The zero-order valence-corrected chi connectivity index (χ0v) is 13.2. The second-order valence-corrected chi connectivity index (χ2v) is 5.95. The van der Waals surface area contributed by atoms with Crippen LogP contribution in [0, 0.1) is 0 Å². The normalized spacial score (nSPS) is 17.8. The molecule has 1 saturated heterocycles. The van der Waals surface area contributed by atoms with Crippen molar-refractivity contribution in [3.8, 4) is 5.69 Å². The molecule has 7 nitrogen and oxygen atoms in total. The van der Waals surface area contributed by atoms with E-state index < -0.39 is 0 Å². The summed E-state index contributed by atoms with van der Waals surface area (Å²) in [4.78, 5) is 14.7. The molecular weight excluding hydrogens is 304 g/mol. The maximum Gasteiger partial charge on any atom is 0.253 e. The lowest BCUT2D eigenvalue weighted by atomic mass is 10.0. The van der Waals surface area contributed by atoms with Gasteiger partial charge in [0, 0.05) is 36.7 Å². The van der Waals surface area contributed by atoms with Gasteiger partial charge < -0.3 is 4.90 Å². The van der Waals surface area contributed by atoms with E-state index in [4.69, 9.17) is 0 Å². The van der Waals surface area contributed by atoms with Crippen LogP contribution in [0.2, 0.25) is 0 Å². The van der Waals surface area contributed by atoms with Gasteiger partial charge in [0.2, 0.25) is 0 Å². The van der Waals surface area contributed by atoms with Crippen molar-refractivity contribution in [3.05, 3.63) is 60.9 Å². The quantitative estimate of drug-likeness (QED) is 0.739. The lowest BCUT2D eigenvalue weighted by Crippen LogP contribution is -2.40. The molecule has 1 atom stereocenters. The summed E-state index contributed by atoms with van der Waals surface area (Å²) < 4.78 is 3.76. The van der Waals surface area contributed by atoms with Gasteiger partial charge in [-0.2, -0.15) is 5.10 Å². The van der Waals surface area contributed by atoms with E-state index in [2.05, 4.69) is 15.3 Å². The molecule has 1 aromatic carbocycles. The van der Waals surface area contributed by atoms with Gasteiger partial charge in [-0.25, -0.2) is 0 Å². The van der Waals surface area contributed by atoms with Crippen molar-refractivity contribution in [2.45, 2.75) is 18.9 Å². The largest absolute Gasteiger partial charge is 0.337 e. The first-order valence-corrected chi connectivity index (χ1v) is 8.05. The van der Waals surface area contributed by atoms with Crippen LogP contribution in [-0.2, 0) is 0 Å². The van der Waals surface area contributed by atoms with Crippen molar-refractivity contribution in [2.24, 2.45) is 0 Å². The number of hydrogen-bond donors (Lipinski definition) is 0. The molecule has 0 aliphatic carbocycles. The van der Waals surface area contributed by atoms with Crippen LogP contribution in [0.3, 0.4) is 0 Å². The minimum absolute atomic E-state index is 0.0714. The first-order valence-electron chi connectivity index (χ1n) is 8.05. The lowest BCUT2D eigenvalue weighted by Gasteiger charge is -2.33. The second-order valence-electron chi connectivity index (χ2n) is 5.95. The number of piperidine rings is 1. The third-order valence-corrected chi connectivity index (χ3v) is 4.41. The number of amides is 1. The molecule has 0 unspecified atom stereocenters. The zero-order valence-electron chi connectivity index (χ0n) is 13.2. The highest BCUT2D eigenvalue weighted by atomic mass is 16.2. The van der Waals surface area contributed by atoms with Crippen LogP contribution < -0.4 is 0 Å². The van der Waals surface area contributed by atoms with Crippen molar-refractivity contribution in [2.75, 3.05) is 13.1 Å². The molecule has 1 aliphatic heterocycles. The second kappa shape index (κ2) is 6.27. The van der Waals surface area contributed by atoms with E-state index in [1.54, 1.807) is 18.9 Å². The fourth-order valence-corrected chi connectivity index (χ4v) is 3.14. The number of rotatable bonds is 3. The summed E-state index contributed by atoms with van der Waals surface area (Å²) in [6.07, 6.45) is 9.07. The molecule has 0 N–H and O–H groups in total. The Labute approximate surface area is 139 Å². The van der Waals surface area contributed by atoms with Crippen LogP contribution in [0.1, 0.15) is 29.2 Å². The maximum atomic E-state index is 12.8. The Bertz CT molecular complexity index is 794. The van der Waals surface area contributed by atoms with E-state index in [1.807, 2.05) is 50.7 Å². The number of nitrogens with zero attached hydrogens (tertiary/aromatic N) is 6. The minimum Gasteiger partial charge on any atom is -0.337 e. The van der Waals surface area contributed by atoms with Gasteiger partial charge in [-0.3, -0.25) is 14.0 Å². The summed E-state index contributed by atoms with van der Waals surface area (Å²) in [6.45, 7) is 1.50. The number of carbonyl (C=O) groups is 1. The van der Waals surface area contributed by atoms with Crippen molar-refractivity contribution in [1.82, 2.24) is 29.4 Å². The summed E-state index contributed by atoms with van der Waals surface area (Å²) in [5.74, 6) is 0.0714. The molecule has 0 spiro atoms. The first kappa shape index (κ1) is 14.6. The Balaban J connectivity index is 1.49. The third kappa shape index (κ3) is 2.80. The van der Waals surface area contributed by atoms with E-state index in [9.17, 15) is 4.79 Å². The van der Waals surface area contributed by atoms with Gasteiger partial charge in [0.1, 0.15) is 12.7 Å². The molecule has 1 fully saturated rings. The Morgan fingerprint density at radius 1 is 1.12 bits per heavy atom. The topological polar surface area (TPSA) is 68.8 Å². The smallest absolute Gasteiger partial charge is 0.253 e. The van der Waals surface area contributed by atoms with Gasteiger partial charge >= 0.3 is 0 Å². The SMILES string of the molecule is O=C(c1ccc(-n2cnnc2)cc1)N1CCC[C@H](n2cccn2)C1. The Morgan fingerprint density at radius 2 is 1.92 bits per heavy atom. The number of benzene rings is 1. The number of likely N-dealkylation sites (tertiary alicyclic amines) is 1. The Morgan fingerprint density at radius 3 is 2.62 bits per heavy atom. The lowest BCUT2D eigenvalue weighted by molar-refractivity contribution is 0.0673. The predicted octanol–water partition coefficient (Wildman–Crippen LogP) is 1.94. The maximum absolute atomic E-state index is 12.8. The van der Waals surface area contributed by atoms with E-state index >= 15 is 0 Å². The van der Waals surface area contributed by atoms with Crippen molar-refractivity contribution in [1.29, 1.82) is 0 Å². The highest BCUT2D eigenvalue weighted by Crippen LogP contribution is 2.22. The van der Waals surface area contributed by atoms with Gasteiger partial charge in [-0.15, -0.1) is 10.2 Å². The summed E-state index contributed by atoms with van der Waals surface area (Å²) in [6, 6.07) is 9.71. The van der Waals surface area contributed by atoms with Gasteiger partial charge in [0.25, 0.3) is 5.91 Å². The van der Waals surface area contributed by atoms with Gasteiger partial charge in [-0.1, -0.05) is 0 Å². The highest BCUT2D eigenvalue weighted by Gasteiger charge is 2.25. The van der Waals surface area contributed by atoms with Gasteiger partial charge in [0.05, 0.1) is 6.04 Å². The number of aromatic nitrogens is 5. The van der Waals surface area contributed by atoms with Crippen LogP contribution in [0.15, 0.2) is 55.4 Å². The molecule has 1 amide bonds. The highest BCUT2D eigenvalue weighted by molar-refractivity contribution is 5.94. The summed E-state index contributed by atoms with van der Waals surface area (Å²) >= 11 is 0. The first-order chi connectivity index (χ1) is 11.8. The molecule has 1 aliphatic rings. The molecular formula is C17H18N6O. The zero-order chi connectivity index (χ0) is 16.4. The molecule has 2 aromatic heterocycles. The minimum atomic E-state index is 0.0714. The summed E-state index contributed by atoms with van der Waals surface area (Å²) in [5, 5.41) is 11.9. The van der Waals surface area contributed by atoms with Crippen molar-refractivity contribution in [3.63, 3.8) is 0 Å². The third-order valence-electron chi connectivity index (χ3n) is 4.41. The standard InChI is InChI=1S/C17H18N6O/c24-17(14-4-6-15(7-5-14)22-12-18-19-13-22)21-9-1-3-16(11-21)23-10-2-8-20-23/h2,4-8,10,12-13,16H,1,3,9,11H2/t16-/m0/s1. The van der Waals surface area contributed by atoms with Crippen LogP contribution >= 0.6 is 0 Å². The molecule has 0 bridgehead atoms. The predicted molar refractivity (Wildman–Crippen MR) is 87.8 cm³/mol. The molecule has 0 radical (unpaired) electrons.